The number of furan rings is 1. The minimum atomic E-state index is -3.86. The van der Waals surface area contributed by atoms with Crippen molar-refractivity contribution in [3.05, 3.63) is 76.5 Å². The zero-order valence-corrected chi connectivity index (χ0v) is 15.7. The number of amides is 1. The summed E-state index contributed by atoms with van der Waals surface area (Å²) in [5.74, 6) is -0.610. The van der Waals surface area contributed by atoms with Gasteiger partial charge in [0.15, 0.2) is 5.76 Å². The van der Waals surface area contributed by atoms with E-state index in [0.717, 1.165) is 11.1 Å². The zero-order chi connectivity index (χ0) is 18.9. The molecule has 1 heterocycles. The van der Waals surface area contributed by atoms with Crippen molar-refractivity contribution in [2.24, 2.45) is 0 Å². The van der Waals surface area contributed by atoms with Crippen LogP contribution in [0.25, 0.3) is 0 Å². The summed E-state index contributed by atoms with van der Waals surface area (Å²) in [6.45, 7) is 3.91. The molecule has 0 aliphatic carbocycles. The van der Waals surface area contributed by atoms with E-state index in [1.54, 1.807) is 6.07 Å². The molecule has 1 amide bonds. The van der Waals surface area contributed by atoms with E-state index >= 15 is 0 Å². The van der Waals surface area contributed by atoms with Crippen LogP contribution in [0.5, 0.6) is 0 Å². The number of nitrogens with one attached hydrogen (secondary N) is 1. The molecule has 0 radical (unpaired) electrons. The van der Waals surface area contributed by atoms with E-state index in [1.165, 1.54) is 36.4 Å². The summed E-state index contributed by atoms with van der Waals surface area (Å²) in [7, 11) is -3.86. The number of anilines is 1. The molecule has 0 atom stereocenters. The van der Waals surface area contributed by atoms with Crippen LogP contribution in [-0.4, -0.2) is 14.3 Å². The second-order valence-electron chi connectivity index (χ2n) is 5.83. The molecule has 0 saturated carbocycles. The van der Waals surface area contributed by atoms with Gasteiger partial charge >= 0.3 is 0 Å². The molecule has 0 aliphatic heterocycles. The molecule has 134 valence electrons. The highest BCUT2D eigenvalue weighted by molar-refractivity contribution is 7.91. The van der Waals surface area contributed by atoms with Gasteiger partial charge in [-0.15, -0.1) is 0 Å². The number of sulfone groups is 1. The molecule has 0 spiro atoms. The quantitative estimate of drug-likeness (QED) is 0.705. The van der Waals surface area contributed by atoms with Gasteiger partial charge in [-0.05, 0) is 73.5 Å². The van der Waals surface area contributed by atoms with Crippen molar-refractivity contribution in [3.8, 4) is 0 Å². The number of benzene rings is 2. The van der Waals surface area contributed by atoms with Gasteiger partial charge in [-0.2, -0.15) is 0 Å². The molecule has 2 aromatic carbocycles. The van der Waals surface area contributed by atoms with E-state index in [4.69, 9.17) is 16.0 Å². The molecule has 0 fully saturated rings. The van der Waals surface area contributed by atoms with Crippen molar-refractivity contribution in [2.75, 3.05) is 5.32 Å². The third-order valence-corrected chi connectivity index (χ3v) is 5.85. The Morgan fingerprint density at radius 2 is 1.65 bits per heavy atom. The molecule has 0 saturated heterocycles. The summed E-state index contributed by atoms with van der Waals surface area (Å²) < 4.78 is 30.4. The zero-order valence-electron chi connectivity index (χ0n) is 14.1. The average Bonchev–Trinajstić information content (AvgIpc) is 3.10. The van der Waals surface area contributed by atoms with Gasteiger partial charge < -0.3 is 9.73 Å². The molecule has 0 unspecified atom stereocenters. The fourth-order valence-corrected chi connectivity index (χ4v) is 3.63. The van der Waals surface area contributed by atoms with E-state index in [9.17, 15) is 13.2 Å². The standard InChI is InChI=1S/C19H16ClNO4S/c1-12-3-6-15(11-13(12)2)21-19(22)17-9-10-18(25-17)26(23,24)16-7-4-14(20)5-8-16/h3-11H,1-2H3,(H,21,22). The average molecular weight is 390 g/mol. The van der Waals surface area contributed by atoms with Crippen LogP contribution in [0, 0.1) is 13.8 Å². The molecular weight excluding hydrogens is 374 g/mol. The Balaban J connectivity index is 1.83. The van der Waals surface area contributed by atoms with Gasteiger partial charge in [0.25, 0.3) is 5.91 Å². The second-order valence-corrected chi connectivity index (χ2v) is 8.15. The molecule has 26 heavy (non-hydrogen) atoms. The summed E-state index contributed by atoms with van der Waals surface area (Å²) in [5.41, 5.74) is 2.75. The first kappa shape index (κ1) is 18.2. The van der Waals surface area contributed by atoms with Gasteiger partial charge in [-0.1, -0.05) is 17.7 Å². The smallest absolute Gasteiger partial charge is 0.291 e. The summed E-state index contributed by atoms with van der Waals surface area (Å²) in [5, 5.41) is 2.82. The predicted molar refractivity (Wildman–Crippen MR) is 99.5 cm³/mol. The predicted octanol–water partition coefficient (Wildman–Crippen LogP) is 4.63. The lowest BCUT2D eigenvalue weighted by atomic mass is 10.1. The minimum Gasteiger partial charge on any atom is -0.439 e. The van der Waals surface area contributed by atoms with Crippen molar-refractivity contribution in [2.45, 2.75) is 23.8 Å². The van der Waals surface area contributed by atoms with Gasteiger partial charge in [0, 0.05) is 10.7 Å². The second kappa shape index (κ2) is 6.97. The van der Waals surface area contributed by atoms with Crippen LogP contribution in [0.2, 0.25) is 5.02 Å². The molecule has 3 rings (SSSR count). The van der Waals surface area contributed by atoms with Crippen molar-refractivity contribution in [3.63, 3.8) is 0 Å². The number of rotatable bonds is 4. The van der Waals surface area contributed by atoms with Gasteiger partial charge in [-0.25, -0.2) is 8.42 Å². The summed E-state index contributed by atoms with van der Waals surface area (Å²) in [4.78, 5) is 12.4. The van der Waals surface area contributed by atoms with E-state index in [2.05, 4.69) is 5.32 Å². The number of hydrogen-bond donors (Lipinski definition) is 1. The number of carbonyl (C=O) groups excluding carboxylic acids is 1. The number of halogens is 1. The Kier molecular flexibility index (Phi) is 4.89. The normalized spacial score (nSPS) is 11.3. The maximum atomic E-state index is 12.6. The highest BCUT2D eigenvalue weighted by atomic mass is 35.5. The third-order valence-electron chi connectivity index (χ3n) is 3.96. The Morgan fingerprint density at radius 3 is 2.31 bits per heavy atom. The maximum absolute atomic E-state index is 12.6. The Hall–Kier alpha value is -2.57. The highest BCUT2D eigenvalue weighted by Crippen LogP contribution is 2.25. The Bertz CT molecular complexity index is 1070. The number of carbonyl (C=O) groups is 1. The Labute approximate surface area is 156 Å². The van der Waals surface area contributed by atoms with Crippen LogP contribution >= 0.6 is 11.6 Å². The fraction of sp³-hybridized carbons (Fsp3) is 0.105. The largest absolute Gasteiger partial charge is 0.439 e. The van der Waals surface area contributed by atoms with E-state index in [-0.39, 0.29) is 15.7 Å². The molecule has 0 bridgehead atoms. The van der Waals surface area contributed by atoms with Gasteiger partial charge in [0.1, 0.15) is 0 Å². The van der Waals surface area contributed by atoms with E-state index < -0.39 is 15.7 Å². The first-order chi connectivity index (χ1) is 12.3. The van der Waals surface area contributed by atoms with E-state index in [1.807, 2.05) is 26.0 Å². The van der Waals surface area contributed by atoms with Crippen LogP contribution in [-0.2, 0) is 9.84 Å². The highest BCUT2D eigenvalue weighted by Gasteiger charge is 2.23. The van der Waals surface area contributed by atoms with Crippen molar-refractivity contribution in [1.82, 2.24) is 0 Å². The summed E-state index contributed by atoms with van der Waals surface area (Å²) >= 11 is 5.78. The molecule has 3 aromatic rings. The summed E-state index contributed by atoms with van der Waals surface area (Å²) in [6.07, 6.45) is 0. The Morgan fingerprint density at radius 1 is 0.962 bits per heavy atom. The first-order valence-corrected chi connectivity index (χ1v) is 9.62. The molecule has 5 nitrogen and oxygen atoms in total. The molecule has 0 aliphatic rings. The lowest BCUT2D eigenvalue weighted by Gasteiger charge is -2.06. The van der Waals surface area contributed by atoms with Gasteiger partial charge in [0.2, 0.25) is 14.9 Å². The maximum Gasteiger partial charge on any atom is 0.291 e. The monoisotopic (exact) mass is 389 g/mol. The van der Waals surface area contributed by atoms with Crippen LogP contribution in [0.4, 0.5) is 5.69 Å². The minimum absolute atomic E-state index is 0.0392. The first-order valence-electron chi connectivity index (χ1n) is 7.76. The number of aryl methyl sites for hydroxylation is 2. The van der Waals surface area contributed by atoms with Crippen LogP contribution in [0.3, 0.4) is 0 Å². The van der Waals surface area contributed by atoms with Crippen LogP contribution in [0.1, 0.15) is 21.7 Å². The third kappa shape index (κ3) is 3.66. The topological polar surface area (TPSA) is 76.4 Å². The number of hydrogen-bond acceptors (Lipinski definition) is 4. The van der Waals surface area contributed by atoms with E-state index in [0.29, 0.717) is 10.7 Å². The molecule has 1 N–H and O–H groups in total. The van der Waals surface area contributed by atoms with Crippen LogP contribution in [0.15, 0.2) is 69.0 Å². The lowest BCUT2D eigenvalue weighted by molar-refractivity contribution is 0.0991. The lowest BCUT2D eigenvalue weighted by Crippen LogP contribution is -2.11. The van der Waals surface area contributed by atoms with Crippen LogP contribution < -0.4 is 5.32 Å². The molecule has 7 heteroatoms. The summed E-state index contributed by atoms with van der Waals surface area (Å²) in [6, 6.07) is 13.8. The van der Waals surface area contributed by atoms with Gasteiger partial charge in [0.05, 0.1) is 4.90 Å². The molecule has 1 aromatic heterocycles. The van der Waals surface area contributed by atoms with Crippen molar-refractivity contribution < 1.29 is 17.6 Å². The fourth-order valence-electron chi connectivity index (χ4n) is 2.33. The van der Waals surface area contributed by atoms with Crippen molar-refractivity contribution in [1.29, 1.82) is 0 Å². The SMILES string of the molecule is Cc1ccc(NC(=O)c2ccc(S(=O)(=O)c3ccc(Cl)cc3)o2)cc1C. The van der Waals surface area contributed by atoms with Gasteiger partial charge in [-0.3, -0.25) is 4.79 Å². The molecular formula is C19H16ClNO4S. The van der Waals surface area contributed by atoms with Crippen molar-refractivity contribution >= 4 is 33.0 Å².